The molecule has 0 radical (unpaired) electrons. The van der Waals surface area contributed by atoms with Crippen LogP contribution in [0.3, 0.4) is 0 Å². The molecule has 0 saturated heterocycles. The number of nitriles is 1. The summed E-state index contributed by atoms with van der Waals surface area (Å²) in [5.41, 5.74) is 1.64. The molecule has 0 heterocycles. The number of urea groups is 2. The van der Waals surface area contributed by atoms with Gasteiger partial charge in [0.1, 0.15) is 11.6 Å². The molecule has 0 spiro atoms. The molecule has 10 heteroatoms. The van der Waals surface area contributed by atoms with E-state index in [1.54, 1.807) is 0 Å². The van der Waals surface area contributed by atoms with Gasteiger partial charge in [-0.1, -0.05) is 0 Å². The second-order valence-corrected chi connectivity index (χ2v) is 8.26. The lowest BCUT2D eigenvalue weighted by Crippen LogP contribution is -2.54. The van der Waals surface area contributed by atoms with Crippen LogP contribution in [-0.2, 0) is 0 Å². The number of hydrogen-bond donors (Lipinski definition) is 2. The number of anilines is 4. The van der Waals surface area contributed by atoms with Gasteiger partial charge in [-0.25, -0.2) is 18.4 Å². The quantitative estimate of drug-likeness (QED) is 0.223. The van der Waals surface area contributed by atoms with Crippen molar-refractivity contribution in [3.63, 3.8) is 0 Å². The fourth-order valence-electron chi connectivity index (χ4n) is 3.58. The van der Waals surface area contributed by atoms with Gasteiger partial charge in [-0.05, 0) is 104 Å². The summed E-state index contributed by atoms with van der Waals surface area (Å²) in [6, 6.07) is 22.4. The lowest BCUT2D eigenvalue weighted by Gasteiger charge is -2.34. The monoisotopic (exact) mass is 525 g/mol. The number of benzene rings is 4. The lowest BCUT2D eigenvalue weighted by atomic mass is 10.1. The van der Waals surface area contributed by atoms with E-state index in [0.29, 0.717) is 11.1 Å². The van der Waals surface area contributed by atoms with Crippen LogP contribution in [0.5, 0.6) is 0 Å². The molecule has 39 heavy (non-hydrogen) atoms. The van der Waals surface area contributed by atoms with E-state index in [0.717, 1.165) is 10.0 Å². The van der Waals surface area contributed by atoms with Crippen molar-refractivity contribution < 1.29 is 23.2 Å². The molecule has 4 amide bonds. The van der Waals surface area contributed by atoms with Crippen LogP contribution in [-0.4, -0.2) is 17.8 Å². The molecule has 4 aromatic rings. The first-order valence-electron chi connectivity index (χ1n) is 11.6. The van der Waals surface area contributed by atoms with Gasteiger partial charge in [-0.2, -0.15) is 15.3 Å². The van der Waals surface area contributed by atoms with Crippen LogP contribution in [0.2, 0.25) is 0 Å². The molecular formula is C29H21F2N5O3. The Balaban J connectivity index is 1.81. The molecule has 0 aliphatic heterocycles. The Morgan fingerprint density at radius 1 is 0.641 bits per heavy atom. The molecule has 0 unspecified atom stereocenters. The molecule has 0 bridgehead atoms. The summed E-state index contributed by atoms with van der Waals surface area (Å²) in [5.74, 6) is -1.19. The van der Waals surface area contributed by atoms with Gasteiger partial charge < -0.3 is 10.6 Å². The van der Waals surface area contributed by atoms with Crippen molar-refractivity contribution in [2.75, 3.05) is 20.7 Å². The van der Waals surface area contributed by atoms with Crippen molar-refractivity contribution in [2.45, 2.75) is 6.92 Å². The summed E-state index contributed by atoms with van der Waals surface area (Å²) < 4.78 is 26.9. The van der Waals surface area contributed by atoms with Crippen LogP contribution in [0.15, 0.2) is 97.1 Å². The summed E-state index contributed by atoms with van der Waals surface area (Å²) in [6.45, 7) is 1.40. The first-order valence-corrected chi connectivity index (χ1v) is 11.6. The van der Waals surface area contributed by atoms with Crippen molar-refractivity contribution >= 4 is 40.6 Å². The number of amides is 4. The smallest absolute Gasteiger partial charge is 0.306 e. The zero-order valence-electron chi connectivity index (χ0n) is 20.6. The molecule has 4 aromatic carbocycles. The number of rotatable bonds is 5. The largest absolute Gasteiger partial charge is 0.345 e. The van der Waals surface area contributed by atoms with E-state index in [4.69, 9.17) is 0 Å². The molecule has 2 N–H and O–H groups in total. The number of hydrazine groups is 1. The molecule has 0 aromatic heterocycles. The van der Waals surface area contributed by atoms with Crippen LogP contribution in [0.4, 0.5) is 41.1 Å². The van der Waals surface area contributed by atoms with Crippen molar-refractivity contribution in [3.05, 3.63) is 120 Å². The van der Waals surface area contributed by atoms with Gasteiger partial charge in [-0.3, -0.25) is 4.79 Å². The van der Waals surface area contributed by atoms with Gasteiger partial charge in [0.15, 0.2) is 5.78 Å². The van der Waals surface area contributed by atoms with E-state index in [1.807, 2.05) is 6.07 Å². The predicted octanol–water partition coefficient (Wildman–Crippen LogP) is 6.73. The van der Waals surface area contributed by atoms with E-state index in [-0.39, 0.29) is 28.5 Å². The normalized spacial score (nSPS) is 10.2. The Morgan fingerprint density at radius 2 is 1.03 bits per heavy atom. The number of Topliss-reactive ketones (excluding diaryl/α,β-unsaturated/α-hetero) is 1. The fourth-order valence-corrected chi connectivity index (χ4v) is 3.58. The zero-order chi connectivity index (χ0) is 27.9. The fraction of sp³-hybridized carbons (Fsp3) is 0.0345. The number of halogens is 2. The first-order chi connectivity index (χ1) is 18.7. The molecule has 0 fully saturated rings. The van der Waals surface area contributed by atoms with Crippen LogP contribution < -0.4 is 20.7 Å². The van der Waals surface area contributed by atoms with Crippen LogP contribution in [0.25, 0.3) is 0 Å². The number of hydrogen-bond acceptors (Lipinski definition) is 4. The topological polar surface area (TPSA) is 106 Å². The highest BCUT2D eigenvalue weighted by molar-refractivity contribution is 6.13. The summed E-state index contributed by atoms with van der Waals surface area (Å²) in [7, 11) is 0. The molecule has 0 aliphatic rings. The number of ketones is 1. The Morgan fingerprint density at radius 3 is 1.38 bits per heavy atom. The van der Waals surface area contributed by atoms with Gasteiger partial charge in [0.25, 0.3) is 0 Å². The lowest BCUT2D eigenvalue weighted by molar-refractivity contribution is 0.101. The highest BCUT2D eigenvalue weighted by Gasteiger charge is 2.30. The van der Waals surface area contributed by atoms with Gasteiger partial charge in [0, 0.05) is 16.9 Å². The van der Waals surface area contributed by atoms with Crippen molar-refractivity contribution in [2.24, 2.45) is 0 Å². The molecular weight excluding hydrogens is 504 g/mol. The van der Waals surface area contributed by atoms with Gasteiger partial charge in [-0.15, -0.1) is 0 Å². The van der Waals surface area contributed by atoms with Gasteiger partial charge in [0.05, 0.1) is 23.0 Å². The molecule has 0 atom stereocenters. The molecule has 0 aliphatic carbocycles. The van der Waals surface area contributed by atoms with E-state index < -0.39 is 23.7 Å². The highest BCUT2D eigenvalue weighted by atomic mass is 19.1. The van der Waals surface area contributed by atoms with Gasteiger partial charge in [0.2, 0.25) is 0 Å². The second kappa shape index (κ2) is 11.7. The standard InChI is InChI=1S/C29H21F2N5O3/c1-19(37)21-4-16-27(17-5-21)36(29(39)34-25-12-8-23(31)9-13-25)35(26-14-2-20(18-32)3-15-26)28(38)33-24-10-6-22(30)7-11-24/h2-17H,1H3,(H,33,38)(H,34,39). The Bertz CT molecular complexity index is 1530. The third kappa shape index (κ3) is 6.42. The maximum absolute atomic E-state index is 13.7. The predicted molar refractivity (Wildman–Crippen MR) is 143 cm³/mol. The summed E-state index contributed by atoms with van der Waals surface area (Å²) in [4.78, 5) is 39.2. The van der Waals surface area contributed by atoms with Crippen LogP contribution in [0.1, 0.15) is 22.8 Å². The maximum Gasteiger partial charge on any atom is 0.345 e. The Labute approximate surface area is 222 Å². The summed E-state index contributed by atoms with van der Waals surface area (Å²) in [5, 5.41) is 16.5. The summed E-state index contributed by atoms with van der Waals surface area (Å²) >= 11 is 0. The highest BCUT2D eigenvalue weighted by Crippen LogP contribution is 2.27. The molecule has 8 nitrogen and oxygen atoms in total. The van der Waals surface area contributed by atoms with Crippen molar-refractivity contribution in [1.29, 1.82) is 5.26 Å². The summed E-state index contributed by atoms with van der Waals surface area (Å²) in [6.07, 6.45) is 0. The van der Waals surface area contributed by atoms with Crippen LogP contribution in [0, 0.1) is 23.0 Å². The SMILES string of the molecule is CC(=O)c1ccc(N(C(=O)Nc2ccc(F)cc2)N(C(=O)Nc2ccc(F)cc2)c2ccc(C#N)cc2)cc1. The van der Waals surface area contributed by atoms with Crippen molar-refractivity contribution in [1.82, 2.24) is 0 Å². The molecule has 0 saturated carbocycles. The minimum atomic E-state index is -0.796. The molecule has 4 rings (SSSR count). The van der Waals surface area contributed by atoms with Gasteiger partial charge >= 0.3 is 12.1 Å². The minimum absolute atomic E-state index is 0.193. The Kier molecular flexibility index (Phi) is 7.92. The number of carbonyl (C=O) groups is 3. The average molecular weight is 526 g/mol. The molecule has 194 valence electrons. The van der Waals surface area contributed by atoms with E-state index in [9.17, 15) is 28.4 Å². The second-order valence-electron chi connectivity index (χ2n) is 8.26. The Hall–Kier alpha value is -5.56. The maximum atomic E-state index is 13.7. The third-order valence-corrected chi connectivity index (χ3v) is 5.54. The van der Waals surface area contributed by atoms with E-state index in [2.05, 4.69) is 10.6 Å². The van der Waals surface area contributed by atoms with Crippen molar-refractivity contribution in [3.8, 4) is 6.07 Å². The van der Waals surface area contributed by atoms with E-state index >= 15 is 0 Å². The first kappa shape index (κ1) is 26.5. The average Bonchev–Trinajstić information content (AvgIpc) is 2.94. The third-order valence-electron chi connectivity index (χ3n) is 5.54. The minimum Gasteiger partial charge on any atom is -0.306 e. The zero-order valence-corrected chi connectivity index (χ0v) is 20.6. The number of carbonyl (C=O) groups excluding carboxylic acids is 3. The van der Waals surface area contributed by atoms with Crippen LogP contribution >= 0.6 is 0 Å². The van der Waals surface area contributed by atoms with E-state index in [1.165, 1.54) is 104 Å². The number of nitrogens with one attached hydrogen (secondary N) is 2. The number of nitrogens with zero attached hydrogens (tertiary/aromatic N) is 3.